The fourth-order valence-electron chi connectivity index (χ4n) is 1.49. The highest BCUT2D eigenvalue weighted by atomic mass is 16.6. The number of fused-ring (bicyclic) bond motifs is 1. The second kappa shape index (κ2) is 3.73. The molecule has 84 valence electrons. The molecule has 0 spiro atoms. The third-order valence-electron chi connectivity index (χ3n) is 2.20. The van der Waals surface area contributed by atoms with E-state index >= 15 is 0 Å². The summed E-state index contributed by atoms with van der Waals surface area (Å²) in [5, 5.41) is 11.2. The van der Waals surface area contributed by atoms with Gasteiger partial charge in [-0.1, -0.05) is 0 Å². The van der Waals surface area contributed by atoms with Crippen LogP contribution in [0.3, 0.4) is 0 Å². The first-order valence-corrected chi connectivity index (χ1v) is 4.46. The molecule has 1 heterocycles. The molecule has 2 aromatic rings. The topological polar surface area (TPSA) is 74.7 Å². The smallest absolute Gasteiger partial charge is 0.434 e. The molecule has 0 aliphatic heterocycles. The number of furan rings is 1. The molecule has 0 aliphatic rings. The van der Waals surface area contributed by atoms with Gasteiger partial charge in [0.2, 0.25) is 5.75 Å². The van der Waals surface area contributed by atoms with Crippen LogP contribution in [0.25, 0.3) is 11.0 Å². The number of methoxy groups -OCH3 is 2. The van der Waals surface area contributed by atoms with E-state index in [2.05, 4.69) is 0 Å². The van der Waals surface area contributed by atoms with E-state index in [1.54, 1.807) is 12.1 Å². The molecule has 6 heteroatoms. The zero-order valence-corrected chi connectivity index (χ0v) is 8.72. The van der Waals surface area contributed by atoms with Crippen LogP contribution in [0.4, 0.5) is 5.88 Å². The lowest BCUT2D eigenvalue weighted by atomic mass is 10.2. The lowest BCUT2D eigenvalue weighted by molar-refractivity contribution is -0.401. The number of hydrogen-bond donors (Lipinski definition) is 0. The van der Waals surface area contributed by atoms with Gasteiger partial charge in [-0.05, 0) is 12.1 Å². The third-order valence-corrected chi connectivity index (χ3v) is 2.20. The number of benzene rings is 1. The number of nitrogens with zero attached hydrogens (tertiary/aromatic N) is 1. The molecule has 1 aromatic carbocycles. The van der Waals surface area contributed by atoms with Crippen LogP contribution in [0.5, 0.6) is 11.5 Å². The van der Waals surface area contributed by atoms with Gasteiger partial charge in [-0.25, -0.2) is 0 Å². The molecular weight excluding hydrogens is 214 g/mol. The monoisotopic (exact) mass is 223 g/mol. The Hall–Kier alpha value is -2.24. The van der Waals surface area contributed by atoms with Gasteiger partial charge in [0, 0.05) is 5.39 Å². The van der Waals surface area contributed by atoms with E-state index in [4.69, 9.17) is 13.9 Å². The first-order valence-electron chi connectivity index (χ1n) is 4.46. The average Bonchev–Trinajstić information content (AvgIpc) is 2.71. The fraction of sp³-hybridized carbons (Fsp3) is 0.200. The Morgan fingerprint density at radius 2 is 2.06 bits per heavy atom. The Kier molecular flexibility index (Phi) is 2.40. The summed E-state index contributed by atoms with van der Waals surface area (Å²) in [6, 6.07) is 4.69. The number of ether oxygens (including phenoxy) is 2. The first kappa shape index (κ1) is 10.3. The van der Waals surface area contributed by atoms with Crippen molar-refractivity contribution in [1.82, 2.24) is 0 Å². The number of rotatable bonds is 3. The van der Waals surface area contributed by atoms with Gasteiger partial charge in [0.15, 0.2) is 11.3 Å². The van der Waals surface area contributed by atoms with Crippen molar-refractivity contribution in [3.05, 3.63) is 28.3 Å². The predicted octanol–water partition coefficient (Wildman–Crippen LogP) is 2.36. The van der Waals surface area contributed by atoms with Crippen LogP contribution in [0, 0.1) is 10.1 Å². The Labute approximate surface area is 90.5 Å². The van der Waals surface area contributed by atoms with Gasteiger partial charge < -0.3 is 13.9 Å². The lowest BCUT2D eigenvalue weighted by Crippen LogP contribution is -1.89. The van der Waals surface area contributed by atoms with Crippen molar-refractivity contribution < 1.29 is 18.8 Å². The van der Waals surface area contributed by atoms with Gasteiger partial charge >= 0.3 is 5.88 Å². The largest absolute Gasteiger partial charge is 0.493 e. The number of nitro groups is 1. The molecule has 2 rings (SSSR count). The molecule has 0 saturated heterocycles. The molecule has 0 saturated carbocycles. The zero-order valence-electron chi connectivity index (χ0n) is 8.72. The van der Waals surface area contributed by atoms with Crippen molar-refractivity contribution >= 4 is 16.9 Å². The van der Waals surface area contributed by atoms with Gasteiger partial charge in [-0.2, -0.15) is 0 Å². The van der Waals surface area contributed by atoms with Crippen molar-refractivity contribution in [3.8, 4) is 11.5 Å². The normalized spacial score (nSPS) is 10.4. The quantitative estimate of drug-likeness (QED) is 0.589. The molecule has 0 radical (unpaired) electrons. The summed E-state index contributed by atoms with van der Waals surface area (Å²) in [5.41, 5.74) is 0.313. The van der Waals surface area contributed by atoms with E-state index in [0.717, 1.165) is 0 Å². The fourth-order valence-corrected chi connectivity index (χ4v) is 1.49. The van der Waals surface area contributed by atoms with Gasteiger partial charge in [0.1, 0.15) is 4.92 Å². The standard InChI is InChI=1S/C10H9NO5/c1-14-7-4-3-6-5-8(11(12)13)16-9(6)10(7)15-2/h3-5H,1-2H3. The van der Waals surface area contributed by atoms with Crippen molar-refractivity contribution in [1.29, 1.82) is 0 Å². The van der Waals surface area contributed by atoms with Crippen LogP contribution in [0.1, 0.15) is 0 Å². The van der Waals surface area contributed by atoms with E-state index in [1.807, 2.05) is 0 Å². The highest BCUT2D eigenvalue weighted by molar-refractivity contribution is 5.87. The summed E-state index contributed by atoms with van der Waals surface area (Å²) < 4.78 is 15.3. The first-order chi connectivity index (χ1) is 7.67. The van der Waals surface area contributed by atoms with Crippen molar-refractivity contribution in [2.24, 2.45) is 0 Å². The lowest BCUT2D eigenvalue weighted by Gasteiger charge is -2.06. The van der Waals surface area contributed by atoms with E-state index in [1.165, 1.54) is 20.3 Å². The zero-order chi connectivity index (χ0) is 11.7. The molecule has 0 fully saturated rings. The molecule has 0 unspecified atom stereocenters. The average molecular weight is 223 g/mol. The van der Waals surface area contributed by atoms with Gasteiger partial charge in [-0.15, -0.1) is 0 Å². The summed E-state index contributed by atoms with van der Waals surface area (Å²) >= 11 is 0. The van der Waals surface area contributed by atoms with Gasteiger partial charge in [-0.3, -0.25) is 10.1 Å². The van der Waals surface area contributed by atoms with E-state index in [-0.39, 0.29) is 5.88 Å². The van der Waals surface area contributed by atoms with E-state index < -0.39 is 4.92 Å². The maximum absolute atomic E-state index is 10.6. The van der Waals surface area contributed by atoms with Crippen molar-refractivity contribution in [2.75, 3.05) is 14.2 Å². The molecule has 0 bridgehead atoms. The van der Waals surface area contributed by atoms with Crippen LogP contribution < -0.4 is 9.47 Å². The summed E-state index contributed by atoms with van der Waals surface area (Å²) in [6.45, 7) is 0. The second-order valence-electron chi connectivity index (χ2n) is 3.06. The molecule has 1 aromatic heterocycles. The highest BCUT2D eigenvalue weighted by Crippen LogP contribution is 2.38. The van der Waals surface area contributed by atoms with Crippen LogP contribution in [0.15, 0.2) is 22.6 Å². The minimum Gasteiger partial charge on any atom is -0.493 e. The third kappa shape index (κ3) is 1.44. The summed E-state index contributed by atoms with van der Waals surface area (Å²) in [6.07, 6.45) is 0. The maximum atomic E-state index is 10.6. The highest BCUT2D eigenvalue weighted by Gasteiger charge is 2.19. The second-order valence-corrected chi connectivity index (χ2v) is 3.06. The molecular formula is C10H9NO5. The molecule has 0 N–H and O–H groups in total. The SMILES string of the molecule is COc1ccc2cc([N+](=O)[O-])oc2c1OC. The van der Waals surface area contributed by atoms with Crippen molar-refractivity contribution in [3.63, 3.8) is 0 Å². The van der Waals surface area contributed by atoms with E-state index in [9.17, 15) is 10.1 Å². The van der Waals surface area contributed by atoms with Gasteiger partial charge in [0.25, 0.3) is 0 Å². The Balaban J connectivity index is 2.71. The molecule has 6 nitrogen and oxygen atoms in total. The van der Waals surface area contributed by atoms with Crippen LogP contribution >= 0.6 is 0 Å². The molecule has 0 atom stereocenters. The molecule has 0 amide bonds. The minimum atomic E-state index is -0.591. The molecule has 16 heavy (non-hydrogen) atoms. The molecule has 0 aliphatic carbocycles. The van der Waals surface area contributed by atoms with Crippen LogP contribution in [-0.4, -0.2) is 19.1 Å². The minimum absolute atomic E-state index is 0.313. The van der Waals surface area contributed by atoms with Crippen LogP contribution in [-0.2, 0) is 0 Å². The Morgan fingerprint density at radius 3 is 2.62 bits per heavy atom. The van der Waals surface area contributed by atoms with Crippen molar-refractivity contribution in [2.45, 2.75) is 0 Å². The maximum Gasteiger partial charge on any atom is 0.434 e. The Morgan fingerprint density at radius 1 is 1.31 bits per heavy atom. The van der Waals surface area contributed by atoms with Gasteiger partial charge in [0.05, 0.1) is 20.3 Å². The summed E-state index contributed by atoms with van der Waals surface area (Å²) in [7, 11) is 2.94. The van der Waals surface area contributed by atoms with Crippen LogP contribution in [0.2, 0.25) is 0 Å². The predicted molar refractivity (Wildman–Crippen MR) is 56.0 cm³/mol. The summed E-state index contributed by atoms with van der Waals surface area (Å²) in [5.74, 6) is 0.508. The Bertz CT molecular complexity index is 545. The van der Waals surface area contributed by atoms with E-state index in [0.29, 0.717) is 22.5 Å². The summed E-state index contributed by atoms with van der Waals surface area (Å²) in [4.78, 5) is 9.97. The number of hydrogen-bond acceptors (Lipinski definition) is 5.